The van der Waals surface area contributed by atoms with Crippen molar-refractivity contribution < 1.29 is 9.47 Å². The highest BCUT2D eigenvalue weighted by Crippen LogP contribution is 2.44. The van der Waals surface area contributed by atoms with Gasteiger partial charge < -0.3 is 15.2 Å². The highest BCUT2D eigenvalue weighted by Gasteiger charge is 2.43. The van der Waals surface area contributed by atoms with Crippen LogP contribution in [-0.4, -0.2) is 19.3 Å². The Bertz CT molecular complexity index is 399. The Balaban J connectivity index is 1.83. The summed E-state index contributed by atoms with van der Waals surface area (Å²) in [7, 11) is 0. The van der Waals surface area contributed by atoms with Gasteiger partial charge in [0, 0.05) is 12.0 Å². The summed E-state index contributed by atoms with van der Waals surface area (Å²) >= 11 is 0. The van der Waals surface area contributed by atoms with Crippen molar-refractivity contribution in [3.05, 3.63) is 24.3 Å². The number of hydrogen-bond donors (Lipinski definition) is 1. The molecule has 0 bridgehead atoms. The van der Waals surface area contributed by atoms with Crippen LogP contribution in [0.3, 0.4) is 0 Å². The molecule has 0 spiro atoms. The second kappa shape index (κ2) is 4.22. The van der Waals surface area contributed by atoms with Crippen LogP contribution in [0, 0.1) is 5.41 Å². The van der Waals surface area contributed by atoms with E-state index in [4.69, 9.17) is 15.2 Å². The summed E-state index contributed by atoms with van der Waals surface area (Å²) in [5.74, 6) is 1.72. The van der Waals surface area contributed by atoms with Gasteiger partial charge in [0.2, 0.25) is 0 Å². The van der Waals surface area contributed by atoms with E-state index < -0.39 is 0 Å². The molecule has 2 aliphatic rings. The molecule has 1 saturated carbocycles. The molecule has 2 N–H and O–H groups in total. The Morgan fingerprint density at radius 1 is 1.18 bits per heavy atom. The second-order valence-electron chi connectivity index (χ2n) is 5.14. The summed E-state index contributed by atoms with van der Waals surface area (Å²) in [4.78, 5) is 0. The van der Waals surface area contributed by atoms with Crippen LogP contribution in [0.1, 0.15) is 25.7 Å². The third-order valence-electron chi connectivity index (χ3n) is 4.20. The fraction of sp³-hybridized carbons (Fsp3) is 0.571. The second-order valence-corrected chi connectivity index (χ2v) is 5.14. The fourth-order valence-corrected chi connectivity index (χ4v) is 3.06. The predicted octanol–water partition coefficient (Wildman–Crippen LogP) is 2.35. The van der Waals surface area contributed by atoms with E-state index in [1.54, 1.807) is 0 Å². The van der Waals surface area contributed by atoms with Gasteiger partial charge in [-0.3, -0.25) is 0 Å². The first-order valence-corrected chi connectivity index (χ1v) is 6.43. The minimum absolute atomic E-state index is 0.116. The molecule has 3 heteroatoms. The number of rotatable bonds is 2. The summed E-state index contributed by atoms with van der Waals surface area (Å²) in [5, 5.41) is 0. The Hall–Kier alpha value is -1.22. The SMILES string of the molecule is NCC1(C2COc3ccccc3O2)CCCC1. The number of nitrogens with two attached hydrogens (primary N) is 1. The average molecular weight is 233 g/mol. The number of benzene rings is 1. The normalized spacial score (nSPS) is 25.8. The molecule has 17 heavy (non-hydrogen) atoms. The minimum atomic E-state index is 0.116. The van der Waals surface area contributed by atoms with Crippen LogP contribution in [0.2, 0.25) is 0 Å². The lowest BCUT2D eigenvalue weighted by Gasteiger charge is -2.39. The van der Waals surface area contributed by atoms with Crippen molar-refractivity contribution in [3.8, 4) is 11.5 Å². The molecule has 0 radical (unpaired) electrons. The van der Waals surface area contributed by atoms with E-state index in [0.29, 0.717) is 13.2 Å². The van der Waals surface area contributed by atoms with Gasteiger partial charge in [-0.05, 0) is 25.0 Å². The van der Waals surface area contributed by atoms with Crippen molar-refractivity contribution in [2.45, 2.75) is 31.8 Å². The van der Waals surface area contributed by atoms with E-state index in [-0.39, 0.29) is 11.5 Å². The minimum Gasteiger partial charge on any atom is -0.486 e. The average Bonchev–Trinajstić information content (AvgIpc) is 2.88. The van der Waals surface area contributed by atoms with E-state index in [0.717, 1.165) is 11.5 Å². The van der Waals surface area contributed by atoms with Crippen LogP contribution in [0.4, 0.5) is 0 Å². The highest BCUT2D eigenvalue weighted by atomic mass is 16.6. The third-order valence-corrected chi connectivity index (χ3v) is 4.20. The van der Waals surface area contributed by atoms with E-state index in [1.165, 1.54) is 25.7 Å². The first kappa shape index (κ1) is 10.9. The zero-order valence-corrected chi connectivity index (χ0v) is 10.0. The molecule has 1 atom stereocenters. The Labute approximate surface area is 102 Å². The molecule has 1 unspecified atom stereocenters. The molecular formula is C14H19NO2. The van der Waals surface area contributed by atoms with Crippen LogP contribution in [0.25, 0.3) is 0 Å². The summed E-state index contributed by atoms with van der Waals surface area (Å²) in [6, 6.07) is 7.88. The summed E-state index contributed by atoms with van der Waals surface area (Å²) in [6.45, 7) is 1.33. The molecule has 1 heterocycles. The molecule has 0 saturated heterocycles. The first-order valence-electron chi connectivity index (χ1n) is 6.43. The molecule has 92 valence electrons. The summed E-state index contributed by atoms with van der Waals surface area (Å²) < 4.78 is 11.9. The van der Waals surface area contributed by atoms with Crippen LogP contribution >= 0.6 is 0 Å². The quantitative estimate of drug-likeness (QED) is 0.852. The standard InChI is InChI=1S/C14H19NO2/c15-10-14(7-3-4-8-14)13-9-16-11-5-1-2-6-12(11)17-13/h1-2,5-6,13H,3-4,7-10,15H2. The first-order chi connectivity index (χ1) is 8.34. The van der Waals surface area contributed by atoms with Crippen molar-refractivity contribution in [2.75, 3.05) is 13.2 Å². The van der Waals surface area contributed by atoms with Gasteiger partial charge in [0.15, 0.2) is 11.5 Å². The fourth-order valence-electron chi connectivity index (χ4n) is 3.06. The summed E-state index contributed by atoms with van der Waals surface area (Å²) in [6.07, 6.45) is 4.97. The molecule has 1 aromatic carbocycles. The molecule has 1 aliphatic heterocycles. The molecule has 1 aliphatic carbocycles. The van der Waals surface area contributed by atoms with Gasteiger partial charge in [-0.1, -0.05) is 25.0 Å². The maximum atomic E-state index is 6.11. The van der Waals surface area contributed by atoms with Crippen LogP contribution in [0.5, 0.6) is 11.5 Å². The van der Waals surface area contributed by atoms with Crippen LogP contribution in [-0.2, 0) is 0 Å². The zero-order chi connectivity index (χ0) is 11.7. The maximum Gasteiger partial charge on any atom is 0.161 e. The largest absolute Gasteiger partial charge is 0.486 e. The highest BCUT2D eigenvalue weighted by molar-refractivity contribution is 5.41. The lowest BCUT2D eigenvalue weighted by atomic mass is 9.80. The van der Waals surface area contributed by atoms with E-state index in [9.17, 15) is 0 Å². The van der Waals surface area contributed by atoms with Crippen LogP contribution in [0.15, 0.2) is 24.3 Å². The molecule has 0 amide bonds. The zero-order valence-electron chi connectivity index (χ0n) is 10.0. The molecule has 0 aromatic heterocycles. The van der Waals surface area contributed by atoms with Gasteiger partial charge >= 0.3 is 0 Å². The van der Waals surface area contributed by atoms with E-state index in [2.05, 4.69) is 0 Å². The lowest BCUT2D eigenvalue weighted by Crippen LogP contribution is -2.47. The van der Waals surface area contributed by atoms with Gasteiger partial charge in [-0.25, -0.2) is 0 Å². The monoisotopic (exact) mass is 233 g/mol. The van der Waals surface area contributed by atoms with Crippen LogP contribution < -0.4 is 15.2 Å². The Morgan fingerprint density at radius 3 is 2.59 bits per heavy atom. The van der Waals surface area contributed by atoms with Crippen molar-refractivity contribution in [1.29, 1.82) is 0 Å². The van der Waals surface area contributed by atoms with Gasteiger partial charge in [0.1, 0.15) is 12.7 Å². The Kier molecular flexibility index (Phi) is 2.71. The number of para-hydroxylation sites is 2. The third kappa shape index (κ3) is 1.78. The maximum absolute atomic E-state index is 6.11. The van der Waals surface area contributed by atoms with Gasteiger partial charge in [-0.15, -0.1) is 0 Å². The lowest BCUT2D eigenvalue weighted by molar-refractivity contribution is -0.00388. The van der Waals surface area contributed by atoms with Crippen molar-refractivity contribution in [3.63, 3.8) is 0 Å². The molecule has 1 fully saturated rings. The Morgan fingerprint density at radius 2 is 1.88 bits per heavy atom. The number of ether oxygens (including phenoxy) is 2. The molecule has 1 aromatic rings. The molecule has 3 rings (SSSR count). The number of fused-ring (bicyclic) bond motifs is 1. The van der Waals surface area contributed by atoms with Gasteiger partial charge in [0.05, 0.1) is 0 Å². The topological polar surface area (TPSA) is 44.5 Å². The van der Waals surface area contributed by atoms with Gasteiger partial charge in [-0.2, -0.15) is 0 Å². The van der Waals surface area contributed by atoms with E-state index in [1.807, 2.05) is 24.3 Å². The van der Waals surface area contributed by atoms with Crippen molar-refractivity contribution in [1.82, 2.24) is 0 Å². The van der Waals surface area contributed by atoms with Gasteiger partial charge in [0.25, 0.3) is 0 Å². The van der Waals surface area contributed by atoms with E-state index >= 15 is 0 Å². The molecular weight excluding hydrogens is 214 g/mol. The smallest absolute Gasteiger partial charge is 0.161 e. The summed E-state index contributed by atoms with van der Waals surface area (Å²) in [5.41, 5.74) is 6.12. The predicted molar refractivity (Wildman–Crippen MR) is 66.3 cm³/mol. The molecule has 3 nitrogen and oxygen atoms in total. The van der Waals surface area contributed by atoms with Crippen molar-refractivity contribution >= 4 is 0 Å². The van der Waals surface area contributed by atoms with Crippen molar-refractivity contribution in [2.24, 2.45) is 11.1 Å². The number of hydrogen-bond acceptors (Lipinski definition) is 3.